The summed E-state index contributed by atoms with van der Waals surface area (Å²) in [5, 5.41) is 15.0. The van der Waals surface area contributed by atoms with E-state index in [0.29, 0.717) is 41.1 Å². The second kappa shape index (κ2) is 23.0. The average molecular weight is 769 g/mol. The highest BCUT2D eigenvalue weighted by Gasteiger charge is 2.22. The van der Waals surface area contributed by atoms with Gasteiger partial charge in [-0.1, -0.05) is 40.5 Å². The van der Waals surface area contributed by atoms with Crippen LogP contribution in [0.4, 0.5) is 11.6 Å². The highest BCUT2D eigenvalue weighted by atomic mass is 33.1. The molecule has 1 heterocycles. The molecule has 282 valence electrons. The van der Waals surface area contributed by atoms with Crippen molar-refractivity contribution in [3.05, 3.63) is 63.9 Å². The number of hydrogen-bond donors (Lipinski definition) is 5. The third-order valence-corrected chi connectivity index (χ3v) is 9.75. The number of terminal acetylenes is 1. The number of anilines is 2. The predicted octanol–water partition coefficient (Wildman–Crippen LogP) is 2.18. The second-order valence-electron chi connectivity index (χ2n) is 11.3. The first-order valence-corrected chi connectivity index (χ1v) is 18.5. The Kier molecular flexibility index (Phi) is 18.9. The number of aliphatic carboxylic acids is 1. The zero-order chi connectivity index (χ0) is 39.3. The smallest absolute Gasteiger partial charge is 0.373 e. The lowest BCUT2D eigenvalue weighted by Crippen LogP contribution is -2.41. The van der Waals surface area contributed by atoms with E-state index in [4.69, 9.17) is 26.5 Å². The number of aromatic nitrogens is 2. The van der Waals surface area contributed by atoms with Crippen molar-refractivity contribution in [2.45, 2.75) is 45.2 Å². The summed E-state index contributed by atoms with van der Waals surface area (Å²) in [5.74, 6) is 0.614. The normalized spacial score (nSPS) is 11.4. The summed E-state index contributed by atoms with van der Waals surface area (Å²) in [7, 11) is 4.42. The van der Waals surface area contributed by atoms with Crippen LogP contribution in [0.3, 0.4) is 0 Å². The first kappa shape index (κ1) is 43.5. The van der Waals surface area contributed by atoms with E-state index in [1.54, 1.807) is 31.2 Å². The molecule has 2 aromatic carbocycles. The summed E-state index contributed by atoms with van der Waals surface area (Å²) in [6, 6.07) is 10.3. The van der Waals surface area contributed by atoms with Crippen molar-refractivity contribution >= 4 is 79.8 Å². The number of Topliss-reactive ketones (excluding diaryl/α,β-unsaturated/α-hetero) is 1. The fraction of sp³-hybridized carbons (Fsp3) is 0.371. The largest absolute Gasteiger partial charge is 0.480 e. The van der Waals surface area contributed by atoms with Gasteiger partial charge < -0.3 is 31.1 Å². The van der Waals surface area contributed by atoms with E-state index < -0.39 is 23.9 Å². The zero-order valence-electron chi connectivity index (χ0n) is 29.0. The SMILES string of the molecule is C#CCN(Cc1ccc2nc(N)[nH]c(=O)c2c1)c1ccc(C(=O)N[C@@H](CCC(=O)OCCSSCCC(=O)C[C@@H](C)C(=O)NC)C(=O)O)cc1.O=C=O. The minimum Gasteiger partial charge on any atom is -0.480 e. The molecule has 0 radical (unpaired) electrons. The number of carboxylic acids is 1. The first-order valence-electron chi connectivity index (χ1n) is 16.1. The summed E-state index contributed by atoms with van der Waals surface area (Å²) in [6.07, 6.45) is 6.00. The average Bonchev–Trinajstić information content (AvgIpc) is 3.12. The zero-order valence-corrected chi connectivity index (χ0v) is 30.7. The lowest BCUT2D eigenvalue weighted by Gasteiger charge is -2.23. The molecule has 0 fully saturated rings. The Morgan fingerprint density at radius 3 is 2.40 bits per heavy atom. The van der Waals surface area contributed by atoms with Crippen molar-refractivity contribution in [3.8, 4) is 12.3 Å². The fourth-order valence-electron chi connectivity index (χ4n) is 4.77. The van der Waals surface area contributed by atoms with E-state index >= 15 is 0 Å². The van der Waals surface area contributed by atoms with Crippen molar-refractivity contribution in [2.75, 3.05) is 42.3 Å². The number of amides is 2. The Morgan fingerprint density at radius 1 is 1.08 bits per heavy atom. The highest BCUT2D eigenvalue weighted by molar-refractivity contribution is 8.76. The molecule has 16 nitrogen and oxygen atoms in total. The van der Waals surface area contributed by atoms with Crippen molar-refractivity contribution < 1.29 is 43.4 Å². The third-order valence-electron chi connectivity index (χ3n) is 7.38. The number of carbonyl (C=O) groups excluding carboxylic acids is 6. The summed E-state index contributed by atoms with van der Waals surface area (Å²) < 4.78 is 5.18. The Labute approximate surface area is 312 Å². The van der Waals surface area contributed by atoms with E-state index in [2.05, 4.69) is 26.5 Å². The van der Waals surface area contributed by atoms with Gasteiger partial charge in [0.25, 0.3) is 11.5 Å². The fourth-order valence-corrected chi connectivity index (χ4v) is 6.63. The number of hydrogen-bond acceptors (Lipinski definition) is 14. The lowest BCUT2D eigenvalue weighted by atomic mass is 10.0. The molecule has 2 amide bonds. The molecule has 0 aliphatic heterocycles. The minimum atomic E-state index is -1.32. The third kappa shape index (κ3) is 15.3. The van der Waals surface area contributed by atoms with Crippen LogP contribution in [0.15, 0.2) is 47.3 Å². The summed E-state index contributed by atoms with van der Waals surface area (Å²) in [4.78, 5) is 97.5. The molecule has 0 aliphatic rings. The molecule has 3 aromatic rings. The Hall–Kier alpha value is -5.63. The standard InChI is InChI=1S/C34H40N6O8S2.CO2/c1-4-14-40(20-22-5-10-27-26(19-22)32(45)39-34(35)38-27)24-8-6-23(7-9-24)31(44)37-28(33(46)47)11-12-29(42)48-15-17-50-49-16-13-25(41)18-21(2)30(43)36-3;2-1-3/h1,5-10,19,21,28H,11-18,20H2,2-3H3,(H,36,43)(H,37,44)(H,46,47)(H3,35,38,39,45);/t21-,28+;/m1./s1. The number of aromatic amines is 1. The van der Waals surface area contributed by atoms with E-state index in [-0.39, 0.29) is 73.2 Å². The molecule has 6 N–H and O–H groups in total. The van der Waals surface area contributed by atoms with Gasteiger partial charge in [-0.15, -0.1) is 6.42 Å². The molecule has 18 heteroatoms. The number of H-pyrrole nitrogens is 1. The highest BCUT2D eigenvalue weighted by Crippen LogP contribution is 2.23. The maximum atomic E-state index is 12.9. The molecule has 1 aromatic heterocycles. The number of nitrogens with two attached hydrogens (primary N) is 1. The van der Waals surface area contributed by atoms with Crippen LogP contribution in [0.2, 0.25) is 0 Å². The molecule has 3 rings (SSSR count). The molecule has 0 spiro atoms. The molecule has 0 unspecified atom stereocenters. The van der Waals surface area contributed by atoms with Gasteiger partial charge in [-0.3, -0.25) is 29.0 Å². The first-order chi connectivity index (χ1) is 25.3. The van der Waals surface area contributed by atoms with Crippen molar-refractivity contribution in [1.29, 1.82) is 0 Å². The molecule has 0 aliphatic carbocycles. The molecular formula is C35H40N6O10S2. The number of esters is 1. The Bertz CT molecular complexity index is 1870. The topological polar surface area (TPSA) is 248 Å². The van der Waals surface area contributed by atoms with Crippen LogP contribution >= 0.6 is 21.6 Å². The van der Waals surface area contributed by atoms with Crippen molar-refractivity contribution in [2.24, 2.45) is 5.92 Å². The van der Waals surface area contributed by atoms with Gasteiger partial charge in [0.1, 0.15) is 18.4 Å². The van der Waals surface area contributed by atoms with E-state index in [1.165, 1.54) is 40.8 Å². The molecular weight excluding hydrogens is 729 g/mol. The molecule has 53 heavy (non-hydrogen) atoms. The van der Waals surface area contributed by atoms with Gasteiger partial charge in [-0.05, 0) is 48.4 Å². The number of fused-ring (bicyclic) bond motifs is 1. The number of rotatable bonds is 20. The number of nitrogens with one attached hydrogen (secondary N) is 3. The maximum Gasteiger partial charge on any atom is 0.373 e. The molecule has 0 saturated heterocycles. The van der Waals surface area contributed by atoms with Gasteiger partial charge in [0.05, 0.1) is 17.4 Å². The summed E-state index contributed by atoms with van der Waals surface area (Å²) in [5.41, 5.74) is 7.43. The number of nitrogen functional groups attached to an aromatic ring is 1. The van der Waals surface area contributed by atoms with Gasteiger partial charge in [0, 0.05) is 61.5 Å². The number of ketones is 1. The number of ether oxygens (including phenoxy) is 1. The van der Waals surface area contributed by atoms with Crippen molar-refractivity contribution in [3.63, 3.8) is 0 Å². The lowest BCUT2D eigenvalue weighted by molar-refractivity contribution is -0.191. The van der Waals surface area contributed by atoms with E-state index in [0.717, 1.165) is 5.56 Å². The van der Waals surface area contributed by atoms with Crippen LogP contribution < -0.4 is 26.8 Å². The molecule has 2 atom stereocenters. The Morgan fingerprint density at radius 2 is 1.75 bits per heavy atom. The summed E-state index contributed by atoms with van der Waals surface area (Å²) in [6.45, 7) is 2.40. The maximum absolute atomic E-state index is 12.9. The van der Waals surface area contributed by atoms with Crippen LogP contribution in [0, 0.1) is 18.3 Å². The van der Waals surface area contributed by atoms with Gasteiger partial charge in [0.2, 0.25) is 11.9 Å². The van der Waals surface area contributed by atoms with Crippen LogP contribution in [0.1, 0.15) is 48.5 Å². The monoisotopic (exact) mass is 768 g/mol. The van der Waals surface area contributed by atoms with Crippen LogP contribution in [0.25, 0.3) is 10.9 Å². The number of carboxylic acid groups (broad SMARTS) is 1. The number of nitrogens with zero attached hydrogens (tertiary/aromatic N) is 2. The van der Waals surface area contributed by atoms with Gasteiger partial charge in [-0.25, -0.2) is 9.78 Å². The quantitative estimate of drug-likeness (QED) is 0.0478. The second-order valence-corrected chi connectivity index (χ2v) is 14.0. The van der Waals surface area contributed by atoms with Gasteiger partial charge >= 0.3 is 18.1 Å². The van der Waals surface area contributed by atoms with Gasteiger partial charge in [0.15, 0.2) is 0 Å². The molecule has 0 saturated carbocycles. The van der Waals surface area contributed by atoms with E-state index in [9.17, 15) is 33.9 Å². The van der Waals surface area contributed by atoms with E-state index in [1.807, 2.05) is 11.0 Å². The van der Waals surface area contributed by atoms with Crippen LogP contribution in [-0.4, -0.2) is 88.5 Å². The Balaban J connectivity index is 0.00000313. The molecule has 0 bridgehead atoms. The van der Waals surface area contributed by atoms with Crippen molar-refractivity contribution in [1.82, 2.24) is 20.6 Å². The van der Waals surface area contributed by atoms with Crippen LogP contribution in [-0.2, 0) is 40.0 Å². The minimum absolute atomic E-state index is 0.00292. The number of carbonyl (C=O) groups is 5. The number of benzene rings is 2. The van der Waals surface area contributed by atoms with Gasteiger partial charge in [-0.2, -0.15) is 9.59 Å². The van der Waals surface area contributed by atoms with Crippen LogP contribution in [0.5, 0.6) is 0 Å². The predicted molar refractivity (Wildman–Crippen MR) is 200 cm³/mol. The summed E-state index contributed by atoms with van der Waals surface area (Å²) >= 11 is 0.